The van der Waals surface area contributed by atoms with Gasteiger partial charge in [-0.1, -0.05) is 29.3 Å². The van der Waals surface area contributed by atoms with Gasteiger partial charge in [-0.2, -0.15) is 0 Å². The highest BCUT2D eigenvalue weighted by Crippen LogP contribution is 2.36. The maximum Gasteiger partial charge on any atom is 0.335 e. The minimum Gasteiger partial charge on any atom is -0.496 e. The van der Waals surface area contributed by atoms with Crippen LogP contribution in [0, 0.1) is 5.82 Å². The fourth-order valence-electron chi connectivity index (χ4n) is 3.90. The summed E-state index contributed by atoms with van der Waals surface area (Å²) in [6.45, 7) is 0. The first kappa shape index (κ1) is 23.7. The summed E-state index contributed by atoms with van der Waals surface area (Å²) in [5, 5.41) is 9.91. The van der Waals surface area contributed by atoms with Crippen molar-refractivity contribution in [2.24, 2.45) is 4.99 Å². The van der Waals surface area contributed by atoms with Gasteiger partial charge in [0.1, 0.15) is 17.1 Å². The summed E-state index contributed by atoms with van der Waals surface area (Å²) in [6, 6.07) is 13.2. The Morgan fingerprint density at radius 1 is 1.09 bits per heavy atom. The Morgan fingerprint density at radius 3 is 2.53 bits per heavy atom. The van der Waals surface area contributed by atoms with Gasteiger partial charge in [-0.05, 0) is 71.8 Å². The zero-order chi connectivity index (χ0) is 24.5. The van der Waals surface area contributed by atoms with E-state index in [-0.39, 0.29) is 33.9 Å². The lowest BCUT2D eigenvalue weighted by Gasteiger charge is -2.25. The molecule has 0 amide bonds. The van der Waals surface area contributed by atoms with Gasteiger partial charge < -0.3 is 9.84 Å². The molecule has 8 heteroatoms. The highest BCUT2D eigenvalue weighted by atomic mass is 35.5. The summed E-state index contributed by atoms with van der Waals surface area (Å²) >= 11 is 12.3. The molecule has 1 aliphatic heterocycles. The molecule has 1 atom stereocenters. The van der Waals surface area contributed by atoms with Crippen molar-refractivity contribution in [3.63, 3.8) is 0 Å². The van der Waals surface area contributed by atoms with Crippen LogP contribution in [0.3, 0.4) is 0 Å². The molecule has 5 nitrogen and oxygen atoms in total. The number of halogens is 3. The number of carbonyl (C=O) groups excluding carboxylic acids is 1. The number of carbonyl (C=O) groups is 2. The van der Waals surface area contributed by atoms with Gasteiger partial charge in [0.05, 0.1) is 17.7 Å². The highest BCUT2D eigenvalue weighted by Gasteiger charge is 2.39. The Bertz CT molecular complexity index is 1350. The first-order valence-corrected chi connectivity index (χ1v) is 10.9. The van der Waals surface area contributed by atoms with Crippen molar-refractivity contribution in [1.82, 2.24) is 0 Å². The number of nitrogens with zero attached hydrogens (tertiary/aromatic N) is 1. The van der Waals surface area contributed by atoms with Gasteiger partial charge >= 0.3 is 5.97 Å². The molecule has 0 aromatic heterocycles. The molecular formula is C26H18Cl2FNO4. The van der Waals surface area contributed by atoms with Crippen LogP contribution in [0.25, 0.3) is 11.1 Å². The maximum absolute atomic E-state index is 14.6. The van der Waals surface area contributed by atoms with Crippen LogP contribution in [0.5, 0.6) is 5.75 Å². The van der Waals surface area contributed by atoms with Gasteiger partial charge in [0.15, 0.2) is 5.78 Å². The van der Waals surface area contributed by atoms with Crippen LogP contribution < -0.4 is 4.74 Å². The molecule has 3 aromatic carbocycles. The predicted octanol–water partition coefficient (Wildman–Crippen LogP) is 6.31. The zero-order valence-corrected chi connectivity index (χ0v) is 19.4. The van der Waals surface area contributed by atoms with Gasteiger partial charge in [-0.25, -0.2) is 9.18 Å². The summed E-state index contributed by atoms with van der Waals surface area (Å²) < 4.78 is 20.1. The molecule has 1 heterocycles. The standard InChI is InChI=1S/C26H18Cl2FNO4/c1-34-23-8-4-15(20-12-16(25(32)33)3-7-22(20)29)11-17(23)14-26(9-2-10-30-26)24(31)19-6-5-18(27)13-21(19)28/h2-13H,14H2,1H3,(H,32,33). The molecule has 0 radical (unpaired) electrons. The van der Waals surface area contributed by atoms with E-state index < -0.39 is 17.3 Å². The number of Topliss-reactive ketones (excluding diaryl/α,β-unsaturated/α-hetero) is 1. The Morgan fingerprint density at radius 2 is 1.88 bits per heavy atom. The van der Waals surface area contributed by atoms with Crippen molar-refractivity contribution >= 4 is 41.2 Å². The molecule has 0 saturated carbocycles. The van der Waals surface area contributed by atoms with Crippen LogP contribution in [0.15, 0.2) is 71.7 Å². The second-order valence-corrected chi connectivity index (χ2v) is 8.56. The first-order chi connectivity index (χ1) is 16.2. The van der Waals surface area contributed by atoms with Crippen molar-refractivity contribution in [2.45, 2.75) is 12.0 Å². The number of rotatable bonds is 7. The Labute approximate surface area is 205 Å². The minimum absolute atomic E-state index is 0.0406. The van der Waals surface area contributed by atoms with Crippen LogP contribution >= 0.6 is 23.2 Å². The van der Waals surface area contributed by atoms with Gasteiger partial charge in [-0.15, -0.1) is 0 Å². The topological polar surface area (TPSA) is 76.0 Å². The number of hydrogen-bond acceptors (Lipinski definition) is 4. The highest BCUT2D eigenvalue weighted by molar-refractivity contribution is 6.37. The van der Waals surface area contributed by atoms with Crippen molar-refractivity contribution in [1.29, 1.82) is 0 Å². The van der Waals surface area contributed by atoms with E-state index in [0.29, 0.717) is 21.9 Å². The molecule has 0 fully saturated rings. The Hall–Kier alpha value is -3.48. The molecule has 0 bridgehead atoms. The number of allylic oxidation sites excluding steroid dienone is 1. The van der Waals surface area contributed by atoms with E-state index in [4.69, 9.17) is 27.9 Å². The number of benzene rings is 3. The van der Waals surface area contributed by atoms with Crippen LogP contribution in [0.2, 0.25) is 10.0 Å². The van der Waals surface area contributed by atoms with E-state index in [1.54, 1.807) is 42.5 Å². The third-order valence-electron chi connectivity index (χ3n) is 5.60. The van der Waals surface area contributed by atoms with Crippen molar-refractivity contribution in [3.8, 4) is 16.9 Å². The predicted molar refractivity (Wildman–Crippen MR) is 130 cm³/mol. The molecule has 0 saturated heterocycles. The van der Waals surface area contributed by atoms with E-state index in [0.717, 1.165) is 6.07 Å². The van der Waals surface area contributed by atoms with Crippen LogP contribution in [0.1, 0.15) is 26.3 Å². The number of ketones is 1. The molecule has 1 unspecified atom stereocenters. The molecule has 3 aromatic rings. The molecule has 1 N–H and O–H groups in total. The number of aromatic carboxylic acids is 1. The van der Waals surface area contributed by atoms with E-state index in [1.807, 2.05) is 0 Å². The number of aliphatic imine (C=N–C) groups is 1. The van der Waals surface area contributed by atoms with Crippen molar-refractivity contribution in [3.05, 3.63) is 99.3 Å². The second kappa shape index (κ2) is 9.41. The Balaban J connectivity index is 1.79. The number of carboxylic acid groups (broad SMARTS) is 1. The zero-order valence-electron chi connectivity index (χ0n) is 17.9. The minimum atomic E-state index is -1.29. The lowest BCUT2D eigenvalue weighted by atomic mass is 9.83. The summed E-state index contributed by atoms with van der Waals surface area (Å²) in [6.07, 6.45) is 5.00. The average molecular weight is 498 g/mol. The lowest BCUT2D eigenvalue weighted by molar-refractivity contribution is 0.0696. The van der Waals surface area contributed by atoms with Crippen LogP contribution in [-0.4, -0.2) is 35.7 Å². The lowest BCUT2D eigenvalue weighted by Crippen LogP contribution is -2.36. The second-order valence-electron chi connectivity index (χ2n) is 7.72. The number of carboxylic acids is 1. The van der Waals surface area contributed by atoms with E-state index >= 15 is 0 Å². The van der Waals surface area contributed by atoms with Gasteiger partial charge in [-0.3, -0.25) is 9.79 Å². The third kappa shape index (κ3) is 4.47. The van der Waals surface area contributed by atoms with Crippen molar-refractivity contribution < 1.29 is 23.8 Å². The fourth-order valence-corrected chi connectivity index (χ4v) is 4.40. The summed E-state index contributed by atoms with van der Waals surface area (Å²) in [5.74, 6) is -1.59. The van der Waals surface area contributed by atoms with Crippen molar-refractivity contribution in [2.75, 3.05) is 7.11 Å². The van der Waals surface area contributed by atoms with E-state index in [2.05, 4.69) is 4.99 Å². The van der Waals surface area contributed by atoms with Gasteiger partial charge in [0, 0.05) is 28.8 Å². The molecule has 0 spiro atoms. The monoisotopic (exact) mass is 497 g/mol. The molecule has 0 aliphatic carbocycles. The fraction of sp³-hybridized carbons (Fsp3) is 0.115. The number of hydrogen-bond donors (Lipinski definition) is 1. The molecular weight excluding hydrogens is 480 g/mol. The normalized spacial score (nSPS) is 16.6. The largest absolute Gasteiger partial charge is 0.496 e. The molecule has 1 aliphatic rings. The summed E-state index contributed by atoms with van der Waals surface area (Å²) in [5.41, 5.74) is 0.0866. The average Bonchev–Trinajstić information content (AvgIpc) is 3.28. The SMILES string of the molecule is COc1ccc(-c2cc(C(=O)O)ccc2F)cc1CC1(C(=O)c2ccc(Cl)cc2Cl)C=CC=N1. The summed E-state index contributed by atoms with van der Waals surface area (Å²) in [7, 11) is 1.49. The molecule has 4 rings (SSSR count). The number of methoxy groups -OCH3 is 1. The maximum atomic E-state index is 14.6. The smallest absolute Gasteiger partial charge is 0.335 e. The van der Waals surface area contributed by atoms with Gasteiger partial charge in [0.2, 0.25) is 0 Å². The first-order valence-electron chi connectivity index (χ1n) is 10.2. The van der Waals surface area contributed by atoms with Gasteiger partial charge in [0.25, 0.3) is 0 Å². The molecule has 172 valence electrons. The Kier molecular flexibility index (Phi) is 6.55. The number of ether oxygens (including phenoxy) is 1. The summed E-state index contributed by atoms with van der Waals surface area (Å²) in [4.78, 5) is 29.4. The quantitative estimate of drug-likeness (QED) is 0.388. The molecule has 34 heavy (non-hydrogen) atoms. The van der Waals surface area contributed by atoms with E-state index in [9.17, 15) is 19.1 Å². The van der Waals surface area contributed by atoms with E-state index in [1.165, 1.54) is 31.5 Å². The van der Waals surface area contributed by atoms with Crippen LogP contribution in [-0.2, 0) is 6.42 Å². The van der Waals surface area contributed by atoms with Crippen LogP contribution in [0.4, 0.5) is 4.39 Å². The third-order valence-corrected chi connectivity index (χ3v) is 6.14.